The molecule has 0 radical (unpaired) electrons. The van der Waals surface area contributed by atoms with Crippen LogP contribution in [0.1, 0.15) is 30.9 Å². The third kappa shape index (κ3) is 2.69. The fourth-order valence-electron chi connectivity index (χ4n) is 1.61. The molecule has 0 amide bonds. The SMILES string of the molecule is Cc1cc(Cl)c(C(C)C)cc1OCC1CO1. The summed E-state index contributed by atoms with van der Waals surface area (Å²) in [7, 11) is 0. The van der Waals surface area contributed by atoms with Crippen molar-refractivity contribution >= 4 is 11.6 Å². The zero-order chi connectivity index (χ0) is 11.7. The summed E-state index contributed by atoms with van der Waals surface area (Å²) < 4.78 is 10.8. The van der Waals surface area contributed by atoms with Crippen LogP contribution in [0.2, 0.25) is 5.02 Å². The molecule has 1 unspecified atom stereocenters. The van der Waals surface area contributed by atoms with Crippen LogP contribution in [0.3, 0.4) is 0 Å². The molecule has 2 rings (SSSR count). The Morgan fingerprint density at radius 1 is 1.50 bits per heavy atom. The molecular formula is C13H17ClO2. The lowest BCUT2D eigenvalue weighted by Crippen LogP contribution is -2.06. The van der Waals surface area contributed by atoms with Crippen molar-refractivity contribution < 1.29 is 9.47 Å². The van der Waals surface area contributed by atoms with Gasteiger partial charge in [-0.15, -0.1) is 0 Å². The van der Waals surface area contributed by atoms with Crippen molar-refractivity contribution in [1.29, 1.82) is 0 Å². The van der Waals surface area contributed by atoms with E-state index in [-0.39, 0.29) is 6.10 Å². The third-order valence-corrected chi connectivity index (χ3v) is 3.07. The van der Waals surface area contributed by atoms with Crippen LogP contribution in [0.4, 0.5) is 0 Å². The molecule has 1 heterocycles. The van der Waals surface area contributed by atoms with Gasteiger partial charge >= 0.3 is 0 Å². The van der Waals surface area contributed by atoms with Crippen LogP contribution in [-0.4, -0.2) is 19.3 Å². The zero-order valence-corrected chi connectivity index (χ0v) is 10.7. The van der Waals surface area contributed by atoms with E-state index >= 15 is 0 Å². The van der Waals surface area contributed by atoms with Gasteiger partial charge in [0.1, 0.15) is 18.5 Å². The lowest BCUT2D eigenvalue weighted by atomic mass is 10.0. The summed E-state index contributed by atoms with van der Waals surface area (Å²) in [5.41, 5.74) is 2.22. The van der Waals surface area contributed by atoms with Crippen LogP contribution in [-0.2, 0) is 4.74 Å². The van der Waals surface area contributed by atoms with Crippen LogP contribution in [0.5, 0.6) is 5.75 Å². The lowest BCUT2D eigenvalue weighted by Gasteiger charge is -2.14. The van der Waals surface area contributed by atoms with Gasteiger partial charge < -0.3 is 9.47 Å². The van der Waals surface area contributed by atoms with Gasteiger partial charge in [0, 0.05) is 5.02 Å². The molecule has 0 spiro atoms. The van der Waals surface area contributed by atoms with E-state index in [1.807, 2.05) is 19.1 Å². The maximum atomic E-state index is 6.19. The first-order chi connectivity index (χ1) is 7.58. The number of ether oxygens (including phenoxy) is 2. The molecule has 16 heavy (non-hydrogen) atoms. The molecule has 0 bridgehead atoms. The molecule has 1 fully saturated rings. The molecular weight excluding hydrogens is 224 g/mol. The highest BCUT2D eigenvalue weighted by molar-refractivity contribution is 6.31. The van der Waals surface area contributed by atoms with Gasteiger partial charge in [0.15, 0.2) is 0 Å². The van der Waals surface area contributed by atoms with Gasteiger partial charge in [-0.1, -0.05) is 25.4 Å². The van der Waals surface area contributed by atoms with E-state index in [0.29, 0.717) is 12.5 Å². The Labute approximate surface area is 102 Å². The number of aryl methyl sites for hydroxylation is 1. The van der Waals surface area contributed by atoms with Crippen molar-refractivity contribution in [2.75, 3.05) is 13.2 Å². The summed E-state index contributed by atoms with van der Waals surface area (Å²) in [6.07, 6.45) is 0.289. The highest BCUT2D eigenvalue weighted by Gasteiger charge is 2.23. The highest BCUT2D eigenvalue weighted by atomic mass is 35.5. The van der Waals surface area contributed by atoms with Crippen LogP contribution >= 0.6 is 11.6 Å². The van der Waals surface area contributed by atoms with Crippen LogP contribution in [0.15, 0.2) is 12.1 Å². The molecule has 0 N–H and O–H groups in total. The number of epoxide rings is 1. The Morgan fingerprint density at radius 3 is 2.75 bits per heavy atom. The van der Waals surface area contributed by atoms with Crippen LogP contribution in [0.25, 0.3) is 0 Å². The Kier molecular flexibility index (Phi) is 3.41. The first-order valence-corrected chi connectivity index (χ1v) is 6.00. The van der Waals surface area contributed by atoms with Crippen molar-refractivity contribution in [3.8, 4) is 5.75 Å². The van der Waals surface area contributed by atoms with Crippen molar-refractivity contribution in [2.45, 2.75) is 32.8 Å². The lowest BCUT2D eigenvalue weighted by molar-refractivity contribution is 0.261. The molecule has 1 aromatic rings. The molecule has 1 aliphatic heterocycles. The molecule has 0 saturated carbocycles. The molecule has 1 aromatic carbocycles. The van der Waals surface area contributed by atoms with E-state index in [1.54, 1.807) is 0 Å². The second-order valence-corrected chi connectivity index (χ2v) is 4.97. The predicted molar refractivity (Wildman–Crippen MR) is 65.5 cm³/mol. The molecule has 0 aromatic heterocycles. The van der Waals surface area contributed by atoms with Gasteiger partial charge in [-0.3, -0.25) is 0 Å². The first-order valence-electron chi connectivity index (χ1n) is 5.62. The highest BCUT2D eigenvalue weighted by Crippen LogP contribution is 2.31. The maximum Gasteiger partial charge on any atom is 0.122 e. The number of hydrogen-bond donors (Lipinski definition) is 0. The van der Waals surface area contributed by atoms with Crippen molar-refractivity contribution in [1.82, 2.24) is 0 Å². The second-order valence-electron chi connectivity index (χ2n) is 4.56. The van der Waals surface area contributed by atoms with Gasteiger partial charge in [0.2, 0.25) is 0 Å². The van der Waals surface area contributed by atoms with Gasteiger partial charge in [-0.2, -0.15) is 0 Å². The summed E-state index contributed by atoms with van der Waals surface area (Å²) in [5, 5.41) is 0.822. The van der Waals surface area contributed by atoms with E-state index in [1.165, 1.54) is 0 Å². The van der Waals surface area contributed by atoms with Gasteiger partial charge in [-0.25, -0.2) is 0 Å². The summed E-state index contributed by atoms with van der Waals surface area (Å²) in [4.78, 5) is 0. The standard InChI is InChI=1S/C13H17ClO2/c1-8(2)11-5-13(9(3)4-12(11)14)16-7-10-6-15-10/h4-5,8,10H,6-7H2,1-3H3. The molecule has 0 aliphatic carbocycles. The molecule has 3 heteroatoms. The zero-order valence-electron chi connectivity index (χ0n) is 9.92. The minimum absolute atomic E-state index is 0.289. The van der Waals surface area contributed by atoms with E-state index in [9.17, 15) is 0 Å². The number of hydrogen-bond acceptors (Lipinski definition) is 2. The fraction of sp³-hybridized carbons (Fsp3) is 0.538. The monoisotopic (exact) mass is 240 g/mol. The third-order valence-electron chi connectivity index (χ3n) is 2.74. The number of rotatable bonds is 4. The van der Waals surface area contributed by atoms with E-state index in [0.717, 1.165) is 28.5 Å². The summed E-state index contributed by atoms with van der Waals surface area (Å²) in [5.74, 6) is 1.33. The quantitative estimate of drug-likeness (QED) is 0.751. The Morgan fingerprint density at radius 2 is 2.19 bits per heavy atom. The first kappa shape index (κ1) is 11.7. The Bertz CT molecular complexity index is 384. The molecule has 2 nitrogen and oxygen atoms in total. The number of benzene rings is 1. The van der Waals surface area contributed by atoms with E-state index < -0.39 is 0 Å². The minimum Gasteiger partial charge on any atom is -0.491 e. The van der Waals surface area contributed by atoms with Crippen LogP contribution < -0.4 is 4.74 Å². The normalized spacial score (nSPS) is 18.9. The van der Waals surface area contributed by atoms with E-state index in [4.69, 9.17) is 21.1 Å². The molecule has 1 saturated heterocycles. The number of halogens is 1. The van der Waals surface area contributed by atoms with Crippen LogP contribution in [0, 0.1) is 6.92 Å². The average molecular weight is 241 g/mol. The Hall–Kier alpha value is -0.730. The predicted octanol–water partition coefficient (Wildman–Crippen LogP) is 3.55. The van der Waals surface area contributed by atoms with Crippen molar-refractivity contribution in [3.05, 3.63) is 28.3 Å². The largest absolute Gasteiger partial charge is 0.491 e. The molecule has 1 aliphatic rings. The Balaban J connectivity index is 2.18. The van der Waals surface area contributed by atoms with E-state index in [2.05, 4.69) is 13.8 Å². The van der Waals surface area contributed by atoms with Gasteiger partial charge in [-0.05, 0) is 36.1 Å². The maximum absolute atomic E-state index is 6.19. The topological polar surface area (TPSA) is 21.8 Å². The van der Waals surface area contributed by atoms with Gasteiger partial charge in [0.25, 0.3) is 0 Å². The van der Waals surface area contributed by atoms with Crippen molar-refractivity contribution in [2.24, 2.45) is 0 Å². The second kappa shape index (κ2) is 4.64. The summed E-state index contributed by atoms with van der Waals surface area (Å²) in [6.45, 7) is 7.73. The summed E-state index contributed by atoms with van der Waals surface area (Å²) in [6, 6.07) is 4.02. The van der Waals surface area contributed by atoms with Crippen molar-refractivity contribution in [3.63, 3.8) is 0 Å². The fourth-order valence-corrected chi connectivity index (χ4v) is 2.05. The average Bonchev–Trinajstić information content (AvgIpc) is 2.99. The van der Waals surface area contributed by atoms with Gasteiger partial charge in [0.05, 0.1) is 6.61 Å². The molecule has 88 valence electrons. The summed E-state index contributed by atoms with van der Waals surface area (Å²) >= 11 is 6.19. The minimum atomic E-state index is 0.289. The molecule has 1 atom stereocenters. The smallest absolute Gasteiger partial charge is 0.122 e.